The molecule has 0 spiro atoms. The van der Waals surface area contributed by atoms with Crippen molar-refractivity contribution in [2.24, 2.45) is 4.99 Å². The van der Waals surface area contributed by atoms with Crippen molar-refractivity contribution < 1.29 is 23.8 Å². The number of aromatic hydroxyl groups is 1. The summed E-state index contributed by atoms with van der Waals surface area (Å²) >= 11 is 6.10. The van der Waals surface area contributed by atoms with E-state index >= 15 is 0 Å². The van der Waals surface area contributed by atoms with Crippen LogP contribution in [0.2, 0.25) is 5.02 Å². The number of nitrogens with one attached hydrogen (secondary N) is 1. The predicted octanol–water partition coefficient (Wildman–Crippen LogP) is 4.05. The SMILES string of the molecule is Cc1c(Cl)ccc2c1N=CC2=Cc1[nH]c(=O)n(C(C(=O)O)c2ccc(F)c(F)c2)c1O. The smallest absolute Gasteiger partial charge is 0.331 e. The zero-order valence-corrected chi connectivity index (χ0v) is 16.6. The summed E-state index contributed by atoms with van der Waals surface area (Å²) < 4.78 is 27.5. The lowest BCUT2D eigenvalue weighted by molar-refractivity contribution is -0.139. The van der Waals surface area contributed by atoms with Crippen molar-refractivity contribution in [1.82, 2.24) is 9.55 Å². The molecule has 10 heteroatoms. The van der Waals surface area contributed by atoms with Gasteiger partial charge in [-0.15, -0.1) is 0 Å². The van der Waals surface area contributed by atoms with Crippen LogP contribution in [-0.2, 0) is 4.79 Å². The first kappa shape index (κ1) is 20.5. The van der Waals surface area contributed by atoms with Crippen molar-refractivity contribution in [3.63, 3.8) is 0 Å². The number of hydrogen-bond donors (Lipinski definition) is 3. The zero-order chi connectivity index (χ0) is 22.4. The molecule has 1 aliphatic heterocycles. The highest BCUT2D eigenvalue weighted by molar-refractivity contribution is 6.32. The van der Waals surface area contributed by atoms with E-state index in [0.29, 0.717) is 32.5 Å². The number of allylic oxidation sites excluding steroid dienone is 1. The number of rotatable bonds is 4. The van der Waals surface area contributed by atoms with Crippen molar-refractivity contribution >= 4 is 41.1 Å². The first-order chi connectivity index (χ1) is 14.7. The Morgan fingerprint density at radius 3 is 2.68 bits per heavy atom. The molecule has 7 nitrogen and oxygen atoms in total. The fourth-order valence-corrected chi connectivity index (χ4v) is 3.58. The average Bonchev–Trinajstić information content (AvgIpc) is 3.24. The van der Waals surface area contributed by atoms with E-state index in [4.69, 9.17) is 11.6 Å². The van der Waals surface area contributed by atoms with E-state index in [1.165, 1.54) is 12.3 Å². The van der Waals surface area contributed by atoms with Gasteiger partial charge in [-0.05, 0) is 42.3 Å². The number of aromatic amines is 1. The van der Waals surface area contributed by atoms with Gasteiger partial charge in [-0.3, -0.25) is 4.99 Å². The average molecular weight is 446 g/mol. The maximum absolute atomic E-state index is 13.6. The number of aliphatic imine (C=N–C) groups is 1. The first-order valence-corrected chi connectivity index (χ1v) is 9.33. The second-order valence-corrected chi connectivity index (χ2v) is 7.29. The quantitative estimate of drug-likeness (QED) is 0.563. The Balaban J connectivity index is 1.82. The molecule has 1 atom stereocenters. The molecule has 0 aliphatic carbocycles. The Hall–Kier alpha value is -3.72. The number of nitrogens with zero attached hydrogens (tertiary/aromatic N) is 2. The summed E-state index contributed by atoms with van der Waals surface area (Å²) in [6.07, 6.45) is 2.95. The molecular formula is C21H14ClF2N3O4. The molecule has 0 amide bonds. The summed E-state index contributed by atoms with van der Waals surface area (Å²) in [7, 11) is 0. The third-order valence-corrected chi connectivity index (χ3v) is 5.40. The summed E-state index contributed by atoms with van der Waals surface area (Å²) in [6, 6.07) is 4.08. The number of aromatic nitrogens is 2. The van der Waals surface area contributed by atoms with Crippen molar-refractivity contribution in [1.29, 1.82) is 0 Å². The van der Waals surface area contributed by atoms with Crippen LogP contribution in [0.3, 0.4) is 0 Å². The van der Waals surface area contributed by atoms with Gasteiger partial charge in [0, 0.05) is 22.4 Å². The van der Waals surface area contributed by atoms with Crippen LogP contribution in [0.1, 0.15) is 28.4 Å². The molecule has 0 bridgehead atoms. The van der Waals surface area contributed by atoms with Gasteiger partial charge in [-0.1, -0.05) is 23.7 Å². The van der Waals surface area contributed by atoms with E-state index in [1.54, 1.807) is 19.1 Å². The van der Waals surface area contributed by atoms with Gasteiger partial charge in [0.1, 0.15) is 5.69 Å². The van der Waals surface area contributed by atoms with Gasteiger partial charge in [0.15, 0.2) is 17.7 Å². The number of imidazole rings is 1. The second-order valence-electron chi connectivity index (χ2n) is 6.88. The predicted molar refractivity (Wildman–Crippen MR) is 111 cm³/mol. The largest absolute Gasteiger partial charge is 0.493 e. The Kier molecular flexibility index (Phi) is 4.98. The highest BCUT2D eigenvalue weighted by Crippen LogP contribution is 2.39. The highest BCUT2D eigenvalue weighted by atomic mass is 35.5. The molecule has 1 aromatic heterocycles. The van der Waals surface area contributed by atoms with Crippen LogP contribution in [-0.4, -0.2) is 31.9 Å². The Morgan fingerprint density at radius 1 is 1.26 bits per heavy atom. The molecule has 1 unspecified atom stereocenters. The molecule has 0 fully saturated rings. The number of aliphatic carboxylic acids is 1. The van der Waals surface area contributed by atoms with E-state index < -0.39 is 35.2 Å². The molecule has 0 saturated carbocycles. The number of fused-ring (bicyclic) bond motifs is 1. The summed E-state index contributed by atoms with van der Waals surface area (Å²) in [5, 5.41) is 20.8. The maximum Gasteiger partial charge on any atom is 0.331 e. The van der Waals surface area contributed by atoms with Gasteiger partial charge in [0.05, 0.1) is 5.69 Å². The molecule has 2 heterocycles. The van der Waals surface area contributed by atoms with Crippen LogP contribution in [0, 0.1) is 18.6 Å². The van der Waals surface area contributed by atoms with Crippen molar-refractivity contribution in [2.45, 2.75) is 13.0 Å². The summed E-state index contributed by atoms with van der Waals surface area (Å²) in [5.74, 6) is -4.66. The second kappa shape index (κ2) is 7.51. The molecule has 4 rings (SSSR count). The zero-order valence-electron chi connectivity index (χ0n) is 15.9. The standard InChI is InChI=1S/C21H14ClF2N3O4/c1-9-13(22)4-3-12-11(8-25-17(9)12)7-16-19(28)27(21(31)26-16)18(20(29)30)10-2-5-14(23)15(24)6-10/h2-8,18,28H,1H3,(H,26,31)(H,29,30). The Morgan fingerprint density at radius 2 is 2.00 bits per heavy atom. The minimum atomic E-state index is -1.78. The van der Waals surface area contributed by atoms with E-state index in [-0.39, 0.29) is 11.3 Å². The minimum absolute atomic E-state index is 0.0688. The molecule has 3 aromatic rings. The van der Waals surface area contributed by atoms with E-state index in [0.717, 1.165) is 17.7 Å². The normalized spacial score (nSPS) is 14.8. The van der Waals surface area contributed by atoms with Gasteiger partial charge in [-0.25, -0.2) is 22.9 Å². The number of hydrogen-bond acceptors (Lipinski definition) is 4. The van der Waals surface area contributed by atoms with Crippen LogP contribution in [0.5, 0.6) is 5.88 Å². The molecular weight excluding hydrogens is 432 g/mol. The van der Waals surface area contributed by atoms with Crippen molar-refractivity contribution in [3.8, 4) is 5.88 Å². The number of carbonyl (C=O) groups is 1. The van der Waals surface area contributed by atoms with Crippen LogP contribution in [0.15, 0.2) is 40.1 Å². The number of carboxylic acid groups (broad SMARTS) is 1. The van der Waals surface area contributed by atoms with Crippen LogP contribution < -0.4 is 5.69 Å². The molecule has 2 aromatic carbocycles. The van der Waals surface area contributed by atoms with Gasteiger partial charge in [0.2, 0.25) is 5.88 Å². The summed E-state index contributed by atoms with van der Waals surface area (Å²) in [5.41, 5.74) is 1.44. The maximum atomic E-state index is 13.6. The van der Waals surface area contributed by atoms with Crippen LogP contribution >= 0.6 is 11.6 Å². The lowest BCUT2D eigenvalue weighted by Gasteiger charge is -2.14. The lowest BCUT2D eigenvalue weighted by atomic mass is 10.0. The molecule has 1 aliphatic rings. The summed E-state index contributed by atoms with van der Waals surface area (Å²) in [4.78, 5) is 31.0. The van der Waals surface area contributed by atoms with Gasteiger partial charge < -0.3 is 15.2 Å². The number of carboxylic acids is 1. The third kappa shape index (κ3) is 3.42. The minimum Gasteiger partial charge on any atom is -0.493 e. The molecule has 31 heavy (non-hydrogen) atoms. The molecule has 3 N–H and O–H groups in total. The van der Waals surface area contributed by atoms with Crippen LogP contribution in [0.25, 0.3) is 11.6 Å². The fraction of sp³-hybridized carbons (Fsp3) is 0.0952. The number of halogens is 3. The fourth-order valence-electron chi connectivity index (χ4n) is 3.43. The van der Waals surface area contributed by atoms with Gasteiger partial charge >= 0.3 is 11.7 Å². The van der Waals surface area contributed by atoms with Crippen molar-refractivity contribution in [2.75, 3.05) is 0 Å². The lowest BCUT2D eigenvalue weighted by Crippen LogP contribution is -2.28. The van der Waals surface area contributed by atoms with E-state index in [9.17, 15) is 28.6 Å². The van der Waals surface area contributed by atoms with Gasteiger partial charge in [0.25, 0.3) is 0 Å². The number of benzene rings is 2. The van der Waals surface area contributed by atoms with E-state index in [1.807, 2.05) is 0 Å². The Labute approximate surface area is 178 Å². The topological polar surface area (TPSA) is 108 Å². The van der Waals surface area contributed by atoms with E-state index in [2.05, 4.69) is 9.98 Å². The monoisotopic (exact) mass is 445 g/mol. The van der Waals surface area contributed by atoms with Gasteiger partial charge in [-0.2, -0.15) is 0 Å². The molecule has 0 saturated heterocycles. The summed E-state index contributed by atoms with van der Waals surface area (Å²) in [6.45, 7) is 1.80. The highest BCUT2D eigenvalue weighted by Gasteiger charge is 2.29. The Bertz CT molecular complexity index is 1360. The molecule has 158 valence electrons. The molecule has 0 radical (unpaired) electrons. The first-order valence-electron chi connectivity index (χ1n) is 8.95. The number of H-pyrrole nitrogens is 1. The van der Waals surface area contributed by atoms with Crippen LogP contribution in [0.4, 0.5) is 14.5 Å². The van der Waals surface area contributed by atoms with Crippen molar-refractivity contribution in [3.05, 3.63) is 79.9 Å². The third-order valence-electron chi connectivity index (χ3n) is 4.99.